The zero-order valence-electron chi connectivity index (χ0n) is 11.5. The molecule has 0 saturated heterocycles. The standard InChI is InChI=1S/C16H17BrFNO/c1-3-19-10-13-14(18)5-4-6-15(13)20-16-9-12(17)8-7-11(16)2/h4-9,19H,3,10H2,1-2H3. The molecule has 0 aliphatic rings. The summed E-state index contributed by atoms with van der Waals surface area (Å²) in [5, 5.41) is 3.13. The Morgan fingerprint density at radius 2 is 2.00 bits per heavy atom. The topological polar surface area (TPSA) is 21.3 Å². The molecule has 0 radical (unpaired) electrons. The SMILES string of the molecule is CCNCc1c(F)cccc1Oc1cc(Br)ccc1C. The van der Waals surface area contributed by atoms with E-state index in [-0.39, 0.29) is 5.82 Å². The molecule has 0 spiro atoms. The first-order chi connectivity index (χ1) is 9.61. The Morgan fingerprint density at radius 1 is 1.20 bits per heavy atom. The molecule has 2 aromatic rings. The van der Waals surface area contributed by atoms with Gasteiger partial charge in [0.2, 0.25) is 0 Å². The third-order valence-electron chi connectivity index (χ3n) is 3.00. The van der Waals surface area contributed by atoms with Crippen molar-refractivity contribution in [2.45, 2.75) is 20.4 Å². The van der Waals surface area contributed by atoms with Gasteiger partial charge in [-0.1, -0.05) is 35.0 Å². The number of hydrogen-bond acceptors (Lipinski definition) is 2. The van der Waals surface area contributed by atoms with E-state index in [1.165, 1.54) is 6.07 Å². The van der Waals surface area contributed by atoms with Crippen molar-refractivity contribution in [2.24, 2.45) is 0 Å². The maximum atomic E-state index is 13.9. The van der Waals surface area contributed by atoms with Crippen molar-refractivity contribution in [1.82, 2.24) is 5.32 Å². The zero-order valence-corrected chi connectivity index (χ0v) is 13.1. The van der Waals surface area contributed by atoms with Gasteiger partial charge in [0.15, 0.2) is 0 Å². The second kappa shape index (κ2) is 6.86. The monoisotopic (exact) mass is 337 g/mol. The maximum absolute atomic E-state index is 13.9. The molecule has 2 rings (SSSR count). The average molecular weight is 338 g/mol. The van der Waals surface area contributed by atoms with Gasteiger partial charge in [-0.2, -0.15) is 0 Å². The lowest BCUT2D eigenvalue weighted by molar-refractivity contribution is 0.459. The summed E-state index contributed by atoms with van der Waals surface area (Å²) in [6.07, 6.45) is 0. The number of rotatable bonds is 5. The number of aryl methyl sites for hydroxylation is 1. The molecule has 0 fully saturated rings. The Bertz CT molecular complexity index is 601. The van der Waals surface area contributed by atoms with Crippen molar-refractivity contribution in [2.75, 3.05) is 6.54 Å². The quantitative estimate of drug-likeness (QED) is 0.846. The molecule has 1 N–H and O–H groups in total. The lowest BCUT2D eigenvalue weighted by atomic mass is 10.1. The van der Waals surface area contributed by atoms with Crippen LogP contribution in [0.15, 0.2) is 40.9 Å². The van der Waals surface area contributed by atoms with Crippen LogP contribution < -0.4 is 10.1 Å². The summed E-state index contributed by atoms with van der Waals surface area (Å²) in [4.78, 5) is 0. The second-order valence-corrected chi connectivity index (χ2v) is 5.42. The van der Waals surface area contributed by atoms with Gasteiger partial charge in [-0.05, 0) is 43.3 Å². The molecule has 0 bridgehead atoms. The Labute approximate surface area is 127 Å². The van der Waals surface area contributed by atoms with Crippen molar-refractivity contribution in [3.05, 3.63) is 57.8 Å². The van der Waals surface area contributed by atoms with E-state index >= 15 is 0 Å². The molecule has 2 aromatic carbocycles. The normalized spacial score (nSPS) is 10.6. The number of benzene rings is 2. The summed E-state index contributed by atoms with van der Waals surface area (Å²) in [7, 11) is 0. The molecule has 0 aliphatic carbocycles. The van der Waals surface area contributed by atoms with E-state index in [1.807, 2.05) is 32.0 Å². The van der Waals surface area contributed by atoms with E-state index in [4.69, 9.17) is 4.74 Å². The molecular formula is C16H17BrFNO. The summed E-state index contributed by atoms with van der Waals surface area (Å²) >= 11 is 3.42. The second-order valence-electron chi connectivity index (χ2n) is 4.51. The number of hydrogen-bond donors (Lipinski definition) is 1. The van der Waals surface area contributed by atoms with E-state index in [0.29, 0.717) is 17.9 Å². The molecule has 0 unspecified atom stereocenters. The van der Waals surface area contributed by atoms with Crippen LogP contribution in [0.4, 0.5) is 4.39 Å². The van der Waals surface area contributed by atoms with E-state index in [9.17, 15) is 4.39 Å². The molecule has 2 nitrogen and oxygen atoms in total. The molecule has 0 heterocycles. The predicted molar refractivity (Wildman–Crippen MR) is 82.7 cm³/mol. The van der Waals surface area contributed by atoms with Gasteiger partial charge in [0.1, 0.15) is 17.3 Å². The van der Waals surface area contributed by atoms with Gasteiger partial charge in [-0.25, -0.2) is 4.39 Å². The van der Waals surface area contributed by atoms with Crippen LogP contribution in [0.2, 0.25) is 0 Å². The summed E-state index contributed by atoms with van der Waals surface area (Å²) in [5.41, 5.74) is 1.56. The summed E-state index contributed by atoms with van der Waals surface area (Å²) < 4.78 is 20.7. The highest BCUT2D eigenvalue weighted by atomic mass is 79.9. The molecule has 0 aromatic heterocycles. The van der Waals surface area contributed by atoms with Crippen molar-refractivity contribution in [3.8, 4) is 11.5 Å². The van der Waals surface area contributed by atoms with Crippen molar-refractivity contribution >= 4 is 15.9 Å². The first kappa shape index (κ1) is 15.0. The molecule has 106 valence electrons. The van der Waals surface area contributed by atoms with Gasteiger partial charge in [0.05, 0.1) is 0 Å². The van der Waals surface area contributed by atoms with Crippen molar-refractivity contribution < 1.29 is 9.13 Å². The zero-order chi connectivity index (χ0) is 14.5. The minimum absolute atomic E-state index is 0.254. The number of halogens is 2. The van der Waals surface area contributed by atoms with Gasteiger partial charge in [-0.15, -0.1) is 0 Å². The first-order valence-electron chi connectivity index (χ1n) is 6.54. The third-order valence-corrected chi connectivity index (χ3v) is 3.49. The van der Waals surface area contributed by atoms with Gasteiger partial charge >= 0.3 is 0 Å². The lowest BCUT2D eigenvalue weighted by Gasteiger charge is -2.14. The molecule has 0 aliphatic heterocycles. The summed E-state index contributed by atoms with van der Waals surface area (Å²) in [6, 6.07) is 10.7. The van der Waals surface area contributed by atoms with E-state index in [1.54, 1.807) is 12.1 Å². The molecular weight excluding hydrogens is 321 g/mol. The van der Waals surface area contributed by atoms with E-state index < -0.39 is 0 Å². The molecule has 0 amide bonds. The Hall–Kier alpha value is -1.39. The highest BCUT2D eigenvalue weighted by Gasteiger charge is 2.11. The number of ether oxygens (including phenoxy) is 1. The highest BCUT2D eigenvalue weighted by Crippen LogP contribution is 2.31. The van der Waals surface area contributed by atoms with Gasteiger partial charge in [-0.3, -0.25) is 0 Å². The Balaban J connectivity index is 2.33. The minimum atomic E-state index is -0.254. The molecule has 20 heavy (non-hydrogen) atoms. The van der Waals surface area contributed by atoms with Crippen molar-refractivity contribution in [1.29, 1.82) is 0 Å². The van der Waals surface area contributed by atoms with Crippen LogP contribution >= 0.6 is 15.9 Å². The predicted octanol–water partition coefficient (Wildman–Crippen LogP) is 4.80. The fourth-order valence-corrected chi connectivity index (χ4v) is 2.20. The van der Waals surface area contributed by atoms with Crippen LogP contribution in [0.5, 0.6) is 11.5 Å². The Morgan fingerprint density at radius 3 is 2.75 bits per heavy atom. The van der Waals surface area contributed by atoms with Gasteiger partial charge < -0.3 is 10.1 Å². The van der Waals surface area contributed by atoms with Crippen molar-refractivity contribution in [3.63, 3.8) is 0 Å². The van der Waals surface area contributed by atoms with Crippen LogP contribution in [0.3, 0.4) is 0 Å². The lowest BCUT2D eigenvalue weighted by Crippen LogP contribution is -2.13. The van der Waals surface area contributed by atoms with Crippen LogP contribution in [0, 0.1) is 12.7 Å². The van der Waals surface area contributed by atoms with Gasteiger partial charge in [0.25, 0.3) is 0 Å². The van der Waals surface area contributed by atoms with E-state index in [0.717, 1.165) is 22.3 Å². The highest BCUT2D eigenvalue weighted by molar-refractivity contribution is 9.10. The number of nitrogens with one attached hydrogen (secondary N) is 1. The van der Waals surface area contributed by atoms with Crippen LogP contribution in [0.25, 0.3) is 0 Å². The fraction of sp³-hybridized carbons (Fsp3) is 0.250. The van der Waals surface area contributed by atoms with Gasteiger partial charge in [0, 0.05) is 16.6 Å². The summed E-state index contributed by atoms with van der Waals surface area (Å²) in [6.45, 7) is 5.18. The largest absolute Gasteiger partial charge is 0.457 e. The Kier molecular flexibility index (Phi) is 5.15. The molecule has 4 heteroatoms. The third kappa shape index (κ3) is 3.58. The summed E-state index contributed by atoms with van der Waals surface area (Å²) in [5.74, 6) is 1.02. The molecule has 0 saturated carbocycles. The molecule has 0 atom stereocenters. The first-order valence-corrected chi connectivity index (χ1v) is 7.33. The van der Waals surface area contributed by atoms with Crippen LogP contribution in [-0.2, 0) is 6.54 Å². The van der Waals surface area contributed by atoms with Crippen LogP contribution in [0.1, 0.15) is 18.1 Å². The van der Waals surface area contributed by atoms with Crippen LogP contribution in [-0.4, -0.2) is 6.54 Å². The van der Waals surface area contributed by atoms with E-state index in [2.05, 4.69) is 21.2 Å². The minimum Gasteiger partial charge on any atom is -0.457 e. The maximum Gasteiger partial charge on any atom is 0.134 e. The fourth-order valence-electron chi connectivity index (χ4n) is 1.86. The smallest absolute Gasteiger partial charge is 0.134 e. The average Bonchev–Trinajstić information content (AvgIpc) is 2.42.